The van der Waals surface area contributed by atoms with Crippen molar-refractivity contribution in [1.29, 1.82) is 0 Å². The van der Waals surface area contributed by atoms with E-state index in [2.05, 4.69) is 15.0 Å². The van der Waals surface area contributed by atoms with E-state index in [1.54, 1.807) is 12.1 Å². The van der Waals surface area contributed by atoms with Crippen LogP contribution in [-0.2, 0) is 0 Å². The van der Waals surface area contributed by atoms with E-state index in [0.717, 1.165) is 43.0 Å². The summed E-state index contributed by atoms with van der Waals surface area (Å²) in [5.74, 6) is -0.232. The van der Waals surface area contributed by atoms with E-state index in [0.29, 0.717) is 5.02 Å². The van der Waals surface area contributed by atoms with E-state index >= 15 is 0 Å². The van der Waals surface area contributed by atoms with Crippen molar-refractivity contribution in [1.82, 2.24) is 10.2 Å². The SMILES string of the molecule is CN(C)c1ccc([C@@H](c2ccc(OC(F)(F)F)cc2)N2CCNCC2)c(Cl)c1.Cl.Cl. The van der Waals surface area contributed by atoms with Crippen molar-refractivity contribution in [3.63, 3.8) is 0 Å². The third-order valence-corrected chi connectivity index (χ3v) is 5.07. The molecule has 1 aliphatic rings. The summed E-state index contributed by atoms with van der Waals surface area (Å²) in [5, 5.41) is 3.95. The van der Waals surface area contributed by atoms with E-state index in [4.69, 9.17) is 11.6 Å². The number of nitrogens with zero attached hydrogens (tertiary/aromatic N) is 2. The first kappa shape index (κ1) is 26.7. The summed E-state index contributed by atoms with van der Waals surface area (Å²) in [5.41, 5.74) is 2.79. The monoisotopic (exact) mass is 485 g/mol. The van der Waals surface area contributed by atoms with Crippen molar-refractivity contribution < 1.29 is 17.9 Å². The molecule has 1 fully saturated rings. The van der Waals surface area contributed by atoms with E-state index in [1.165, 1.54) is 12.1 Å². The normalized spacial score (nSPS) is 15.5. The van der Waals surface area contributed by atoms with Gasteiger partial charge < -0.3 is 15.0 Å². The molecule has 0 aromatic heterocycles. The Morgan fingerprint density at radius 3 is 2.13 bits per heavy atom. The summed E-state index contributed by atoms with van der Waals surface area (Å²) in [7, 11) is 3.89. The fraction of sp³-hybridized carbons (Fsp3) is 0.400. The second kappa shape index (κ2) is 11.3. The van der Waals surface area contributed by atoms with Gasteiger partial charge in [0, 0.05) is 51.0 Å². The van der Waals surface area contributed by atoms with Gasteiger partial charge in [0.25, 0.3) is 0 Å². The number of piperazine rings is 1. The first-order valence-electron chi connectivity index (χ1n) is 9.02. The minimum absolute atomic E-state index is 0. The van der Waals surface area contributed by atoms with Crippen LogP contribution in [0.15, 0.2) is 42.5 Å². The van der Waals surface area contributed by atoms with Gasteiger partial charge in [-0.1, -0.05) is 29.8 Å². The quantitative estimate of drug-likeness (QED) is 0.633. The average Bonchev–Trinajstić information content (AvgIpc) is 2.64. The number of ether oxygens (including phenoxy) is 1. The molecule has 3 rings (SSSR count). The van der Waals surface area contributed by atoms with Crippen molar-refractivity contribution in [3.05, 3.63) is 58.6 Å². The predicted octanol–water partition coefficient (Wildman–Crippen LogP) is 5.14. The van der Waals surface area contributed by atoms with Crippen LogP contribution in [0.5, 0.6) is 5.75 Å². The van der Waals surface area contributed by atoms with Crippen molar-refractivity contribution in [2.24, 2.45) is 0 Å². The fourth-order valence-corrected chi connectivity index (χ4v) is 3.67. The number of nitrogens with one attached hydrogen (secondary N) is 1. The highest BCUT2D eigenvalue weighted by molar-refractivity contribution is 6.31. The largest absolute Gasteiger partial charge is 0.573 e. The summed E-state index contributed by atoms with van der Waals surface area (Å²) >= 11 is 6.61. The molecule has 10 heteroatoms. The molecular formula is C20H25Cl3F3N3O. The van der Waals surface area contributed by atoms with E-state index in [-0.39, 0.29) is 36.6 Å². The topological polar surface area (TPSA) is 27.7 Å². The molecule has 1 saturated heterocycles. The van der Waals surface area contributed by atoms with E-state index in [1.807, 2.05) is 37.2 Å². The maximum atomic E-state index is 12.5. The Kier molecular flexibility index (Phi) is 10.0. The lowest BCUT2D eigenvalue weighted by Gasteiger charge is -2.36. The minimum Gasteiger partial charge on any atom is -0.406 e. The molecule has 1 atom stereocenters. The molecule has 1 N–H and O–H groups in total. The molecule has 168 valence electrons. The van der Waals surface area contributed by atoms with E-state index in [9.17, 15) is 13.2 Å². The van der Waals surface area contributed by atoms with Gasteiger partial charge in [-0.15, -0.1) is 38.0 Å². The van der Waals surface area contributed by atoms with Gasteiger partial charge in [0.2, 0.25) is 0 Å². The molecular weight excluding hydrogens is 462 g/mol. The van der Waals surface area contributed by atoms with Gasteiger partial charge >= 0.3 is 6.36 Å². The summed E-state index contributed by atoms with van der Waals surface area (Å²) in [4.78, 5) is 4.26. The van der Waals surface area contributed by atoms with Gasteiger partial charge in [-0.25, -0.2) is 0 Å². The van der Waals surface area contributed by atoms with Gasteiger partial charge in [-0.05, 0) is 35.4 Å². The molecule has 0 bridgehead atoms. The number of hydrogen-bond acceptors (Lipinski definition) is 4. The van der Waals surface area contributed by atoms with Crippen LogP contribution in [0.3, 0.4) is 0 Å². The fourth-order valence-electron chi connectivity index (χ4n) is 3.40. The van der Waals surface area contributed by atoms with Crippen molar-refractivity contribution in [2.75, 3.05) is 45.2 Å². The van der Waals surface area contributed by atoms with Crippen LogP contribution < -0.4 is 15.0 Å². The molecule has 0 spiro atoms. The smallest absolute Gasteiger partial charge is 0.406 e. The highest BCUT2D eigenvalue weighted by atomic mass is 35.5. The van der Waals surface area contributed by atoms with E-state index < -0.39 is 6.36 Å². The van der Waals surface area contributed by atoms with Crippen molar-refractivity contribution >= 4 is 42.1 Å². The van der Waals surface area contributed by atoms with Gasteiger partial charge in [0.1, 0.15) is 5.75 Å². The Bertz CT molecular complexity index is 798. The molecule has 1 heterocycles. The van der Waals surface area contributed by atoms with Crippen LogP contribution >= 0.6 is 36.4 Å². The lowest BCUT2D eigenvalue weighted by Crippen LogP contribution is -2.45. The van der Waals surface area contributed by atoms with Gasteiger partial charge in [0.15, 0.2) is 0 Å². The third kappa shape index (κ3) is 6.82. The number of benzene rings is 2. The minimum atomic E-state index is -4.70. The van der Waals surface area contributed by atoms with Gasteiger partial charge in [-0.2, -0.15) is 0 Å². The first-order chi connectivity index (χ1) is 13.2. The maximum Gasteiger partial charge on any atom is 0.573 e. The Morgan fingerprint density at radius 2 is 1.63 bits per heavy atom. The zero-order valence-electron chi connectivity index (χ0n) is 16.6. The van der Waals surface area contributed by atoms with Crippen LogP contribution in [0.2, 0.25) is 5.02 Å². The molecule has 0 amide bonds. The second-order valence-corrected chi connectivity index (χ2v) is 7.31. The highest BCUT2D eigenvalue weighted by Crippen LogP contribution is 2.36. The summed E-state index contributed by atoms with van der Waals surface area (Å²) in [6.45, 7) is 3.33. The zero-order valence-corrected chi connectivity index (χ0v) is 19.0. The van der Waals surface area contributed by atoms with Crippen LogP contribution in [0, 0.1) is 0 Å². The molecule has 0 radical (unpaired) electrons. The van der Waals surface area contributed by atoms with Gasteiger partial charge in [-0.3, -0.25) is 4.90 Å². The molecule has 1 aliphatic heterocycles. The zero-order chi connectivity index (χ0) is 20.3. The Morgan fingerprint density at radius 1 is 1.03 bits per heavy atom. The van der Waals surface area contributed by atoms with Crippen LogP contribution in [0.1, 0.15) is 17.2 Å². The molecule has 0 saturated carbocycles. The van der Waals surface area contributed by atoms with Crippen LogP contribution in [-0.4, -0.2) is 51.5 Å². The summed E-state index contributed by atoms with van der Waals surface area (Å²) in [6.07, 6.45) is -4.70. The maximum absolute atomic E-state index is 12.5. The number of rotatable bonds is 5. The standard InChI is InChI=1S/C20H23ClF3N3O.2ClH/c1-26(2)15-5-8-17(18(21)13-15)19(27-11-9-25-10-12-27)14-3-6-16(7-4-14)28-20(22,23)24;;/h3-8,13,19,25H,9-12H2,1-2H3;2*1H/t19-;;/m1../s1. The Balaban J connectivity index is 0.00000225. The summed E-state index contributed by atoms with van der Waals surface area (Å²) < 4.78 is 41.4. The lowest BCUT2D eigenvalue weighted by molar-refractivity contribution is -0.274. The number of hydrogen-bond donors (Lipinski definition) is 1. The third-order valence-electron chi connectivity index (χ3n) is 4.74. The van der Waals surface area contributed by atoms with Crippen molar-refractivity contribution in [3.8, 4) is 5.75 Å². The molecule has 2 aromatic rings. The number of alkyl halides is 3. The van der Waals surface area contributed by atoms with Crippen molar-refractivity contribution in [2.45, 2.75) is 12.4 Å². The number of anilines is 1. The molecule has 0 aliphatic carbocycles. The summed E-state index contributed by atoms with van der Waals surface area (Å²) in [6, 6.07) is 11.8. The molecule has 0 unspecified atom stereocenters. The Hall–Kier alpha value is -1.38. The molecule has 30 heavy (non-hydrogen) atoms. The van der Waals surface area contributed by atoms with Crippen LogP contribution in [0.4, 0.5) is 18.9 Å². The second-order valence-electron chi connectivity index (χ2n) is 6.91. The van der Waals surface area contributed by atoms with Crippen LogP contribution in [0.25, 0.3) is 0 Å². The number of halogens is 6. The highest BCUT2D eigenvalue weighted by Gasteiger charge is 2.31. The Labute approximate surface area is 192 Å². The first-order valence-corrected chi connectivity index (χ1v) is 9.39. The lowest BCUT2D eigenvalue weighted by atomic mass is 9.96. The molecule has 2 aromatic carbocycles. The van der Waals surface area contributed by atoms with Gasteiger partial charge in [0.05, 0.1) is 6.04 Å². The average molecular weight is 487 g/mol. The predicted molar refractivity (Wildman–Crippen MR) is 120 cm³/mol. The molecule has 4 nitrogen and oxygen atoms in total.